The van der Waals surface area contributed by atoms with E-state index in [1.54, 1.807) is 6.20 Å². The number of nitrogens with zero attached hydrogens (tertiary/aromatic N) is 2. The lowest BCUT2D eigenvalue weighted by molar-refractivity contribution is 0.486. The molecule has 23 heavy (non-hydrogen) atoms. The summed E-state index contributed by atoms with van der Waals surface area (Å²) in [5, 5.41) is 2.26. The average molecular weight is 308 g/mol. The highest BCUT2D eigenvalue weighted by atomic mass is 16.3. The molecule has 1 aliphatic rings. The van der Waals surface area contributed by atoms with Gasteiger partial charge in [-0.15, -0.1) is 0 Å². The van der Waals surface area contributed by atoms with Gasteiger partial charge in [-0.2, -0.15) is 0 Å². The molecule has 1 aromatic carbocycles. The third-order valence-electron chi connectivity index (χ3n) is 5.54. The van der Waals surface area contributed by atoms with Crippen LogP contribution in [0.25, 0.3) is 22.1 Å². The molecule has 0 saturated carbocycles. The fourth-order valence-electron chi connectivity index (χ4n) is 4.43. The number of aryl methyl sites for hydroxylation is 1. The predicted molar refractivity (Wildman–Crippen MR) is 96.1 cm³/mol. The zero-order chi connectivity index (χ0) is 16.4. The largest absolute Gasteiger partial charge is 0.436 e. The first kappa shape index (κ1) is 14.6. The van der Waals surface area contributed by atoms with Gasteiger partial charge in [-0.3, -0.25) is 0 Å². The Morgan fingerprint density at radius 1 is 1.17 bits per heavy atom. The molecule has 0 radical (unpaired) electrons. The molecule has 0 bridgehead atoms. The SMILES string of the molecule is Cc1ccc2c(oc3ncccc32)c1N1[C@@H](C)C(C)CC1(C)C. The maximum absolute atomic E-state index is 6.20. The van der Waals surface area contributed by atoms with Crippen molar-refractivity contribution >= 4 is 27.8 Å². The van der Waals surface area contributed by atoms with Gasteiger partial charge in [-0.05, 0) is 57.7 Å². The number of anilines is 1. The van der Waals surface area contributed by atoms with Gasteiger partial charge in [-0.25, -0.2) is 4.98 Å². The number of furan rings is 1. The summed E-state index contributed by atoms with van der Waals surface area (Å²) < 4.78 is 6.20. The third kappa shape index (κ3) is 1.99. The Hall–Kier alpha value is -2.03. The minimum Gasteiger partial charge on any atom is -0.436 e. The van der Waals surface area contributed by atoms with Crippen LogP contribution in [0.2, 0.25) is 0 Å². The van der Waals surface area contributed by atoms with Gasteiger partial charge >= 0.3 is 0 Å². The summed E-state index contributed by atoms with van der Waals surface area (Å²) in [5.74, 6) is 0.669. The fourth-order valence-corrected chi connectivity index (χ4v) is 4.43. The topological polar surface area (TPSA) is 29.3 Å². The smallest absolute Gasteiger partial charge is 0.227 e. The van der Waals surface area contributed by atoms with Gasteiger partial charge in [0.05, 0.1) is 5.69 Å². The second-order valence-electron chi connectivity index (χ2n) is 7.67. The first-order chi connectivity index (χ1) is 10.9. The second-order valence-corrected chi connectivity index (χ2v) is 7.67. The van der Waals surface area contributed by atoms with Gasteiger partial charge in [0.15, 0.2) is 5.58 Å². The van der Waals surface area contributed by atoms with Crippen LogP contribution in [-0.4, -0.2) is 16.6 Å². The van der Waals surface area contributed by atoms with Crippen molar-refractivity contribution in [2.45, 2.75) is 52.6 Å². The third-order valence-corrected chi connectivity index (χ3v) is 5.54. The monoisotopic (exact) mass is 308 g/mol. The molecule has 3 heteroatoms. The van der Waals surface area contributed by atoms with E-state index in [0.29, 0.717) is 12.0 Å². The second kappa shape index (κ2) is 4.73. The molecule has 2 atom stereocenters. The summed E-state index contributed by atoms with van der Waals surface area (Å²) in [6.07, 6.45) is 2.99. The van der Waals surface area contributed by atoms with Gasteiger partial charge < -0.3 is 9.32 Å². The van der Waals surface area contributed by atoms with Crippen LogP contribution >= 0.6 is 0 Å². The quantitative estimate of drug-likeness (QED) is 0.610. The number of aromatic nitrogens is 1. The molecule has 1 fully saturated rings. The van der Waals surface area contributed by atoms with E-state index in [4.69, 9.17) is 4.42 Å². The molecule has 0 spiro atoms. The first-order valence-corrected chi connectivity index (χ1v) is 8.46. The van der Waals surface area contributed by atoms with Gasteiger partial charge in [-0.1, -0.05) is 19.1 Å². The summed E-state index contributed by atoms with van der Waals surface area (Å²) in [7, 11) is 0. The van der Waals surface area contributed by atoms with Crippen LogP contribution in [0.1, 0.15) is 39.7 Å². The van der Waals surface area contributed by atoms with E-state index in [0.717, 1.165) is 22.1 Å². The lowest BCUT2D eigenvalue weighted by Crippen LogP contribution is -2.42. The molecule has 3 heterocycles. The van der Waals surface area contributed by atoms with Crippen molar-refractivity contribution < 1.29 is 4.42 Å². The molecule has 2 aromatic heterocycles. The molecular weight excluding hydrogens is 284 g/mol. The zero-order valence-electron chi connectivity index (χ0n) is 14.6. The molecule has 0 aliphatic carbocycles. The average Bonchev–Trinajstić information content (AvgIpc) is 2.96. The van der Waals surface area contributed by atoms with Crippen molar-refractivity contribution in [3.05, 3.63) is 36.0 Å². The molecule has 1 saturated heterocycles. The van der Waals surface area contributed by atoms with Crippen molar-refractivity contribution in [3.8, 4) is 0 Å². The van der Waals surface area contributed by atoms with E-state index >= 15 is 0 Å². The molecule has 120 valence electrons. The molecule has 1 aliphatic heterocycles. The lowest BCUT2D eigenvalue weighted by atomic mass is 9.96. The molecule has 3 aromatic rings. The van der Waals surface area contributed by atoms with Gasteiger partial charge in [0, 0.05) is 28.6 Å². The van der Waals surface area contributed by atoms with E-state index < -0.39 is 0 Å². The molecule has 3 nitrogen and oxygen atoms in total. The first-order valence-electron chi connectivity index (χ1n) is 8.46. The summed E-state index contributed by atoms with van der Waals surface area (Å²) in [5.41, 5.74) is 4.34. The van der Waals surface area contributed by atoms with Crippen LogP contribution in [-0.2, 0) is 0 Å². The summed E-state index contributed by atoms with van der Waals surface area (Å²) in [6, 6.07) is 8.94. The van der Waals surface area contributed by atoms with E-state index in [-0.39, 0.29) is 5.54 Å². The minimum atomic E-state index is 0.129. The summed E-state index contributed by atoms with van der Waals surface area (Å²) >= 11 is 0. The Labute approximate surface area is 137 Å². The maximum atomic E-state index is 6.20. The standard InChI is InChI=1S/C20H24N2O/c1-12-8-9-15-16-7-6-10-21-19(16)23-18(15)17(12)22-14(3)13(2)11-20(22,4)5/h6-10,13-14H,11H2,1-5H3/t13?,14-/m0/s1. The Kier molecular flexibility index (Phi) is 2.99. The van der Waals surface area contributed by atoms with Crippen molar-refractivity contribution in [1.82, 2.24) is 4.98 Å². The van der Waals surface area contributed by atoms with Gasteiger partial charge in [0.25, 0.3) is 0 Å². The zero-order valence-corrected chi connectivity index (χ0v) is 14.6. The molecule has 0 N–H and O–H groups in total. The summed E-state index contributed by atoms with van der Waals surface area (Å²) in [4.78, 5) is 6.97. The van der Waals surface area contributed by atoms with Crippen LogP contribution in [0.3, 0.4) is 0 Å². The Morgan fingerprint density at radius 2 is 1.96 bits per heavy atom. The number of hydrogen-bond acceptors (Lipinski definition) is 3. The molecular formula is C20H24N2O. The van der Waals surface area contributed by atoms with Crippen LogP contribution in [0.15, 0.2) is 34.9 Å². The highest BCUT2D eigenvalue weighted by Gasteiger charge is 2.43. The minimum absolute atomic E-state index is 0.129. The molecule has 1 unspecified atom stereocenters. The Bertz CT molecular complexity index is 893. The normalized spacial score (nSPS) is 24.0. The predicted octanol–water partition coefficient (Wildman–Crippen LogP) is 5.30. The van der Waals surface area contributed by atoms with Crippen molar-refractivity contribution in [3.63, 3.8) is 0 Å². The van der Waals surface area contributed by atoms with E-state index in [1.165, 1.54) is 17.7 Å². The fraction of sp³-hybridized carbons (Fsp3) is 0.450. The number of fused-ring (bicyclic) bond motifs is 3. The highest BCUT2D eigenvalue weighted by Crippen LogP contribution is 2.46. The van der Waals surface area contributed by atoms with Crippen LogP contribution in [0, 0.1) is 12.8 Å². The van der Waals surface area contributed by atoms with E-state index in [2.05, 4.69) is 62.7 Å². The van der Waals surface area contributed by atoms with Gasteiger partial charge in [0.1, 0.15) is 0 Å². The maximum Gasteiger partial charge on any atom is 0.227 e. The number of benzene rings is 1. The van der Waals surface area contributed by atoms with Gasteiger partial charge in [0.2, 0.25) is 5.71 Å². The van der Waals surface area contributed by atoms with Crippen molar-refractivity contribution in [2.75, 3.05) is 4.90 Å². The van der Waals surface area contributed by atoms with Crippen LogP contribution in [0.5, 0.6) is 0 Å². The Morgan fingerprint density at radius 3 is 2.65 bits per heavy atom. The highest BCUT2D eigenvalue weighted by molar-refractivity contribution is 6.08. The van der Waals surface area contributed by atoms with Crippen molar-refractivity contribution in [2.24, 2.45) is 5.92 Å². The van der Waals surface area contributed by atoms with Crippen LogP contribution < -0.4 is 4.90 Å². The van der Waals surface area contributed by atoms with Crippen molar-refractivity contribution in [1.29, 1.82) is 0 Å². The lowest BCUT2D eigenvalue weighted by Gasteiger charge is -2.38. The molecule has 4 rings (SSSR count). The van der Waals surface area contributed by atoms with E-state index in [1.807, 2.05) is 6.07 Å². The number of rotatable bonds is 1. The van der Waals surface area contributed by atoms with Crippen LogP contribution in [0.4, 0.5) is 5.69 Å². The van der Waals surface area contributed by atoms with E-state index in [9.17, 15) is 0 Å². The summed E-state index contributed by atoms with van der Waals surface area (Å²) in [6.45, 7) is 11.5. The number of hydrogen-bond donors (Lipinski definition) is 0. The Balaban J connectivity index is 2.05. The number of pyridine rings is 1. The molecule has 0 amide bonds.